The van der Waals surface area contributed by atoms with E-state index in [2.05, 4.69) is 43.1 Å². The van der Waals surface area contributed by atoms with Crippen LogP contribution in [0.3, 0.4) is 0 Å². The van der Waals surface area contributed by atoms with E-state index in [4.69, 9.17) is 0 Å². The Morgan fingerprint density at radius 3 is 2.29 bits per heavy atom. The molecule has 0 aliphatic carbocycles. The molecule has 84 valence electrons. The standard InChI is InChI=1S/C11H25N3/c1-11(2,9-13(3)4)10-14-7-5-12-6-8-14/h12H,5-10H2,1-4H3. The Kier molecular flexibility index (Phi) is 4.35. The van der Waals surface area contributed by atoms with Crippen LogP contribution in [0.1, 0.15) is 13.8 Å². The first kappa shape index (κ1) is 12.0. The molecule has 1 aliphatic heterocycles. The molecule has 1 saturated heterocycles. The predicted molar refractivity (Wildman–Crippen MR) is 61.6 cm³/mol. The van der Waals surface area contributed by atoms with Crippen LogP contribution in [0.25, 0.3) is 0 Å². The molecule has 0 aromatic carbocycles. The highest BCUT2D eigenvalue weighted by Crippen LogP contribution is 2.17. The topological polar surface area (TPSA) is 18.5 Å². The molecule has 0 unspecified atom stereocenters. The molecule has 0 aromatic heterocycles. The minimum absolute atomic E-state index is 0.404. The van der Waals surface area contributed by atoms with Gasteiger partial charge in [-0.05, 0) is 19.5 Å². The van der Waals surface area contributed by atoms with Crippen LogP contribution in [0.4, 0.5) is 0 Å². The van der Waals surface area contributed by atoms with Crippen molar-refractivity contribution >= 4 is 0 Å². The molecular formula is C11H25N3. The van der Waals surface area contributed by atoms with Gasteiger partial charge in [0, 0.05) is 39.3 Å². The smallest absolute Gasteiger partial charge is 0.0108 e. The van der Waals surface area contributed by atoms with Gasteiger partial charge in [0.05, 0.1) is 0 Å². The maximum Gasteiger partial charge on any atom is 0.0108 e. The van der Waals surface area contributed by atoms with E-state index in [-0.39, 0.29) is 0 Å². The first-order valence-corrected chi connectivity index (χ1v) is 5.57. The lowest BCUT2D eigenvalue weighted by molar-refractivity contribution is 0.133. The third-order valence-electron chi connectivity index (χ3n) is 2.61. The van der Waals surface area contributed by atoms with Crippen LogP contribution in [0.2, 0.25) is 0 Å². The lowest BCUT2D eigenvalue weighted by Gasteiger charge is -2.36. The van der Waals surface area contributed by atoms with Crippen LogP contribution in [0.5, 0.6) is 0 Å². The Labute approximate surface area is 88.5 Å². The minimum Gasteiger partial charge on any atom is -0.314 e. The van der Waals surface area contributed by atoms with Crippen molar-refractivity contribution in [1.82, 2.24) is 15.1 Å². The summed E-state index contributed by atoms with van der Waals surface area (Å²) in [6, 6.07) is 0. The van der Waals surface area contributed by atoms with E-state index in [9.17, 15) is 0 Å². The number of piperazine rings is 1. The Morgan fingerprint density at radius 2 is 1.79 bits per heavy atom. The highest BCUT2D eigenvalue weighted by molar-refractivity contribution is 4.78. The maximum absolute atomic E-state index is 3.39. The van der Waals surface area contributed by atoms with Gasteiger partial charge in [-0.1, -0.05) is 13.8 Å². The summed E-state index contributed by atoms with van der Waals surface area (Å²) in [5.74, 6) is 0. The molecule has 1 fully saturated rings. The Balaban J connectivity index is 2.32. The van der Waals surface area contributed by atoms with Gasteiger partial charge >= 0.3 is 0 Å². The third-order valence-corrected chi connectivity index (χ3v) is 2.61. The normalized spacial score (nSPS) is 20.4. The predicted octanol–water partition coefficient (Wildman–Crippen LogP) is 0.479. The van der Waals surface area contributed by atoms with Crippen molar-refractivity contribution in [3.63, 3.8) is 0 Å². The molecule has 0 saturated carbocycles. The second-order valence-electron chi connectivity index (χ2n) is 5.43. The van der Waals surface area contributed by atoms with Crippen molar-refractivity contribution in [2.75, 3.05) is 53.4 Å². The van der Waals surface area contributed by atoms with Crippen molar-refractivity contribution < 1.29 is 0 Å². The summed E-state index contributed by atoms with van der Waals surface area (Å²) in [5.41, 5.74) is 0.404. The summed E-state index contributed by atoms with van der Waals surface area (Å²) in [4.78, 5) is 4.85. The molecule has 0 amide bonds. The van der Waals surface area contributed by atoms with E-state index >= 15 is 0 Å². The van der Waals surface area contributed by atoms with Gasteiger partial charge in [0.15, 0.2) is 0 Å². The van der Waals surface area contributed by atoms with Gasteiger partial charge in [0.1, 0.15) is 0 Å². The van der Waals surface area contributed by atoms with Crippen molar-refractivity contribution in [3.8, 4) is 0 Å². The molecule has 3 heteroatoms. The average molecular weight is 199 g/mol. The highest BCUT2D eigenvalue weighted by atomic mass is 15.2. The summed E-state index contributed by atoms with van der Waals surface area (Å²) in [6.45, 7) is 11.8. The number of nitrogens with one attached hydrogen (secondary N) is 1. The van der Waals surface area contributed by atoms with E-state index < -0.39 is 0 Å². The summed E-state index contributed by atoms with van der Waals surface area (Å²) in [7, 11) is 4.30. The van der Waals surface area contributed by atoms with E-state index in [0.717, 1.165) is 19.6 Å². The minimum atomic E-state index is 0.404. The number of rotatable bonds is 4. The Morgan fingerprint density at radius 1 is 1.21 bits per heavy atom. The van der Waals surface area contributed by atoms with Crippen LogP contribution in [0, 0.1) is 5.41 Å². The molecule has 0 bridgehead atoms. The fourth-order valence-electron chi connectivity index (χ4n) is 2.38. The summed E-state index contributed by atoms with van der Waals surface area (Å²) in [5, 5.41) is 3.39. The zero-order valence-corrected chi connectivity index (χ0v) is 10.1. The molecule has 1 aliphatic rings. The molecule has 0 aromatic rings. The van der Waals surface area contributed by atoms with Gasteiger partial charge < -0.3 is 15.1 Å². The molecule has 1 rings (SSSR count). The quantitative estimate of drug-likeness (QED) is 0.710. The van der Waals surface area contributed by atoms with Crippen molar-refractivity contribution in [2.45, 2.75) is 13.8 Å². The molecule has 3 nitrogen and oxygen atoms in total. The van der Waals surface area contributed by atoms with Gasteiger partial charge in [-0.25, -0.2) is 0 Å². The third kappa shape index (κ3) is 4.40. The van der Waals surface area contributed by atoms with Crippen LogP contribution >= 0.6 is 0 Å². The second-order valence-corrected chi connectivity index (χ2v) is 5.43. The second kappa shape index (κ2) is 5.10. The zero-order chi connectivity index (χ0) is 10.6. The Bertz CT molecular complexity index is 160. The van der Waals surface area contributed by atoms with Crippen molar-refractivity contribution in [2.24, 2.45) is 5.41 Å². The largest absolute Gasteiger partial charge is 0.314 e. The Hall–Kier alpha value is -0.120. The SMILES string of the molecule is CN(C)CC(C)(C)CN1CCNCC1. The van der Waals surface area contributed by atoms with E-state index in [1.807, 2.05) is 0 Å². The summed E-state index contributed by atoms with van der Waals surface area (Å²) in [6.07, 6.45) is 0. The fraction of sp³-hybridized carbons (Fsp3) is 1.00. The van der Waals surface area contributed by atoms with Crippen LogP contribution in [-0.4, -0.2) is 63.2 Å². The van der Waals surface area contributed by atoms with Crippen molar-refractivity contribution in [1.29, 1.82) is 0 Å². The van der Waals surface area contributed by atoms with Crippen molar-refractivity contribution in [3.05, 3.63) is 0 Å². The van der Waals surface area contributed by atoms with Crippen LogP contribution in [-0.2, 0) is 0 Å². The van der Waals surface area contributed by atoms with Crippen LogP contribution < -0.4 is 5.32 Å². The molecule has 0 atom stereocenters. The monoisotopic (exact) mass is 199 g/mol. The van der Waals surface area contributed by atoms with Gasteiger partial charge in [-0.15, -0.1) is 0 Å². The maximum atomic E-state index is 3.39. The molecule has 0 spiro atoms. The van der Waals surface area contributed by atoms with Gasteiger partial charge in [-0.3, -0.25) is 0 Å². The first-order valence-electron chi connectivity index (χ1n) is 5.57. The fourth-order valence-corrected chi connectivity index (χ4v) is 2.38. The molecule has 1 heterocycles. The van der Waals surface area contributed by atoms with Gasteiger partial charge in [-0.2, -0.15) is 0 Å². The van der Waals surface area contributed by atoms with E-state index in [1.165, 1.54) is 19.6 Å². The zero-order valence-electron chi connectivity index (χ0n) is 10.1. The average Bonchev–Trinajstić information content (AvgIpc) is 2.02. The van der Waals surface area contributed by atoms with E-state index in [1.54, 1.807) is 0 Å². The molecule has 0 radical (unpaired) electrons. The number of hydrogen-bond donors (Lipinski definition) is 1. The van der Waals surface area contributed by atoms with Gasteiger partial charge in [0.25, 0.3) is 0 Å². The van der Waals surface area contributed by atoms with Gasteiger partial charge in [0.2, 0.25) is 0 Å². The lowest BCUT2D eigenvalue weighted by Crippen LogP contribution is -2.48. The molecule has 14 heavy (non-hydrogen) atoms. The first-order chi connectivity index (χ1) is 6.49. The molecular weight excluding hydrogens is 174 g/mol. The number of nitrogens with zero attached hydrogens (tertiary/aromatic N) is 2. The molecule has 1 N–H and O–H groups in total. The summed E-state index contributed by atoms with van der Waals surface area (Å²) >= 11 is 0. The summed E-state index contributed by atoms with van der Waals surface area (Å²) < 4.78 is 0. The van der Waals surface area contributed by atoms with Crippen LogP contribution in [0.15, 0.2) is 0 Å². The number of hydrogen-bond acceptors (Lipinski definition) is 3. The van der Waals surface area contributed by atoms with E-state index in [0.29, 0.717) is 5.41 Å². The highest BCUT2D eigenvalue weighted by Gasteiger charge is 2.23. The lowest BCUT2D eigenvalue weighted by atomic mass is 9.92.